The molecule has 0 atom stereocenters. The molecule has 3 heterocycles. The molecule has 0 saturated heterocycles. The number of ether oxygens (including phenoxy) is 1. The number of hydrogen-bond acceptors (Lipinski definition) is 5. The Morgan fingerprint density at radius 3 is 3.12 bits per heavy atom. The van der Waals surface area contributed by atoms with Crippen LogP contribution < -0.4 is 10.4 Å². The van der Waals surface area contributed by atoms with E-state index in [4.69, 9.17) is 4.74 Å². The Balaban J connectivity index is 2.11. The molecule has 1 aromatic rings. The average Bonchev–Trinajstić information content (AvgIpc) is 2.94. The number of aliphatic imine (C=N–C) groups is 2. The van der Waals surface area contributed by atoms with E-state index in [0.29, 0.717) is 23.8 Å². The van der Waals surface area contributed by atoms with Crippen LogP contribution in [0.25, 0.3) is 12.2 Å². The monoisotopic (exact) mass is 227 g/mol. The highest BCUT2D eigenvalue weighted by atomic mass is 16.5. The number of pyridine rings is 1. The summed E-state index contributed by atoms with van der Waals surface area (Å²) in [5.41, 5.74) is 1.01. The highest BCUT2D eigenvalue weighted by Crippen LogP contribution is 2.12. The molecule has 2 aliphatic heterocycles. The molecule has 5 nitrogen and oxygen atoms in total. The maximum absolute atomic E-state index is 11.6. The van der Waals surface area contributed by atoms with Gasteiger partial charge in [0, 0.05) is 16.7 Å². The van der Waals surface area contributed by atoms with Crippen molar-refractivity contribution in [2.24, 2.45) is 9.98 Å². The van der Waals surface area contributed by atoms with Crippen molar-refractivity contribution in [3.63, 3.8) is 0 Å². The second-order valence-corrected chi connectivity index (χ2v) is 3.60. The molecule has 0 fully saturated rings. The predicted molar refractivity (Wildman–Crippen MR) is 64.3 cm³/mol. The highest BCUT2D eigenvalue weighted by Gasteiger charge is 2.17. The number of carbonyl (C=O) groups excluding carboxylic acids is 1. The molecule has 1 aromatic heterocycles. The number of aromatic nitrogens is 1. The normalized spacial score (nSPS) is 14.5. The zero-order valence-electron chi connectivity index (χ0n) is 9.17. The Morgan fingerprint density at radius 2 is 2.29 bits per heavy atom. The highest BCUT2D eigenvalue weighted by molar-refractivity contribution is 6.49. The van der Waals surface area contributed by atoms with Crippen LogP contribution in [0.5, 0.6) is 0 Å². The molecule has 84 valence electrons. The maximum Gasteiger partial charge on any atom is 0.356 e. The van der Waals surface area contributed by atoms with Crippen molar-refractivity contribution in [2.45, 2.75) is 6.92 Å². The Kier molecular flexibility index (Phi) is 2.11. The van der Waals surface area contributed by atoms with Crippen LogP contribution in [0.4, 0.5) is 11.5 Å². The third kappa shape index (κ3) is 1.47. The summed E-state index contributed by atoms with van der Waals surface area (Å²) in [6.07, 6.45) is 6.89. The van der Waals surface area contributed by atoms with Crippen LogP contribution in [0.2, 0.25) is 0 Å². The molecule has 17 heavy (non-hydrogen) atoms. The lowest BCUT2D eigenvalue weighted by Crippen LogP contribution is -2.24. The summed E-state index contributed by atoms with van der Waals surface area (Å²) in [7, 11) is 0. The van der Waals surface area contributed by atoms with Crippen molar-refractivity contribution in [2.75, 3.05) is 6.61 Å². The molecule has 0 spiro atoms. The fourth-order valence-corrected chi connectivity index (χ4v) is 1.82. The van der Waals surface area contributed by atoms with Crippen LogP contribution in [0.15, 0.2) is 16.2 Å². The summed E-state index contributed by atoms with van der Waals surface area (Å²) in [6, 6.07) is 0. The molecule has 0 bridgehead atoms. The van der Waals surface area contributed by atoms with Gasteiger partial charge in [-0.05, 0) is 19.1 Å². The van der Waals surface area contributed by atoms with Crippen LogP contribution in [-0.2, 0) is 9.53 Å². The van der Waals surface area contributed by atoms with Gasteiger partial charge in [-0.15, -0.1) is 0 Å². The van der Waals surface area contributed by atoms with Gasteiger partial charge in [-0.3, -0.25) is 0 Å². The minimum atomic E-state index is -0.406. The Hall–Kier alpha value is -2.30. The van der Waals surface area contributed by atoms with Crippen molar-refractivity contribution < 1.29 is 9.53 Å². The molecule has 0 aromatic carbocycles. The minimum Gasteiger partial charge on any atom is -0.461 e. The molecule has 0 N–H and O–H groups in total. The lowest BCUT2D eigenvalue weighted by Gasteiger charge is -1.97. The molecule has 5 heteroatoms. The lowest BCUT2D eigenvalue weighted by atomic mass is 10.2. The third-order valence-corrected chi connectivity index (χ3v) is 2.56. The smallest absolute Gasteiger partial charge is 0.356 e. The second-order valence-electron chi connectivity index (χ2n) is 3.60. The van der Waals surface area contributed by atoms with Gasteiger partial charge < -0.3 is 4.74 Å². The van der Waals surface area contributed by atoms with Crippen LogP contribution in [0.1, 0.15) is 6.92 Å². The van der Waals surface area contributed by atoms with E-state index in [1.165, 1.54) is 0 Å². The van der Waals surface area contributed by atoms with Crippen molar-refractivity contribution in [1.29, 1.82) is 0 Å². The van der Waals surface area contributed by atoms with E-state index in [1.807, 2.05) is 6.08 Å². The first-order valence-corrected chi connectivity index (χ1v) is 5.30. The zero-order chi connectivity index (χ0) is 11.8. The van der Waals surface area contributed by atoms with Gasteiger partial charge in [0.25, 0.3) is 0 Å². The Labute approximate surface area is 96.9 Å². The third-order valence-electron chi connectivity index (χ3n) is 2.56. The SMILES string of the molecule is CCOC(=O)C1=Nc2cnc3c(c2=C1)=CC=N3. The summed E-state index contributed by atoms with van der Waals surface area (Å²) in [4.78, 5) is 24.0. The first kappa shape index (κ1) is 9.89. The van der Waals surface area contributed by atoms with E-state index in [9.17, 15) is 4.79 Å². The maximum atomic E-state index is 11.6. The summed E-state index contributed by atoms with van der Waals surface area (Å²) in [6.45, 7) is 2.11. The molecule has 2 aliphatic rings. The van der Waals surface area contributed by atoms with Gasteiger partial charge in [0.1, 0.15) is 5.71 Å². The van der Waals surface area contributed by atoms with Gasteiger partial charge >= 0.3 is 5.97 Å². The molecule has 0 aliphatic carbocycles. The molecule has 3 rings (SSSR count). The summed E-state index contributed by atoms with van der Waals surface area (Å²) >= 11 is 0. The number of rotatable bonds is 2. The van der Waals surface area contributed by atoms with Gasteiger partial charge in [0.2, 0.25) is 0 Å². The molecule has 0 saturated carbocycles. The first-order valence-electron chi connectivity index (χ1n) is 5.30. The Bertz CT molecular complexity index is 686. The van der Waals surface area contributed by atoms with Gasteiger partial charge in [-0.25, -0.2) is 19.8 Å². The molecular weight excluding hydrogens is 218 g/mol. The molecule has 0 radical (unpaired) electrons. The second kappa shape index (κ2) is 3.62. The first-order chi connectivity index (χ1) is 8.29. The molecule has 0 amide bonds. The Morgan fingerprint density at radius 1 is 1.41 bits per heavy atom. The van der Waals surface area contributed by atoms with Gasteiger partial charge in [-0.2, -0.15) is 0 Å². The number of hydrogen-bond donors (Lipinski definition) is 0. The van der Waals surface area contributed by atoms with E-state index in [-0.39, 0.29) is 0 Å². The lowest BCUT2D eigenvalue weighted by molar-refractivity contribution is -0.134. The minimum absolute atomic E-state index is 0.317. The van der Waals surface area contributed by atoms with Crippen LogP contribution in [0, 0.1) is 0 Å². The van der Waals surface area contributed by atoms with E-state index < -0.39 is 5.97 Å². The molecular formula is C12H9N3O2. The van der Waals surface area contributed by atoms with E-state index in [1.54, 1.807) is 25.4 Å². The van der Waals surface area contributed by atoms with Crippen LogP contribution in [0.3, 0.4) is 0 Å². The van der Waals surface area contributed by atoms with E-state index in [0.717, 1.165) is 10.4 Å². The zero-order valence-corrected chi connectivity index (χ0v) is 9.17. The van der Waals surface area contributed by atoms with E-state index >= 15 is 0 Å². The topological polar surface area (TPSA) is 63.9 Å². The van der Waals surface area contributed by atoms with Crippen LogP contribution in [-0.4, -0.2) is 29.5 Å². The number of fused-ring (bicyclic) bond motifs is 3. The average molecular weight is 227 g/mol. The van der Waals surface area contributed by atoms with Crippen molar-refractivity contribution in [3.05, 3.63) is 16.6 Å². The fraction of sp³-hybridized carbons (Fsp3) is 0.167. The van der Waals surface area contributed by atoms with Crippen molar-refractivity contribution >= 4 is 41.6 Å². The molecule has 0 unspecified atom stereocenters. The van der Waals surface area contributed by atoms with Gasteiger partial charge in [-0.1, -0.05) is 0 Å². The number of esters is 1. The van der Waals surface area contributed by atoms with Crippen molar-refractivity contribution in [3.8, 4) is 0 Å². The van der Waals surface area contributed by atoms with Crippen molar-refractivity contribution in [1.82, 2.24) is 4.98 Å². The number of nitrogens with zero attached hydrogens (tertiary/aromatic N) is 3. The summed E-state index contributed by atoms with van der Waals surface area (Å²) < 4.78 is 4.91. The fourth-order valence-electron chi connectivity index (χ4n) is 1.82. The summed E-state index contributed by atoms with van der Waals surface area (Å²) in [5, 5.41) is 1.79. The van der Waals surface area contributed by atoms with Crippen LogP contribution >= 0.6 is 0 Å². The number of carbonyl (C=O) groups is 1. The quantitative estimate of drug-likeness (QED) is 0.668. The largest absolute Gasteiger partial charge is 0.461 e. The van der Waals surface area contributed by atoms with Gasteiger partial charge in [0.05, 0.1) is 18.5 Å². The summed E-state index contributed by atoms with van der Waals surface area (Å²) in [5.74, 6) is 0.261. The standard InChI is InChI=1S/C12H9N3O2/c1-2-17-12(16)9-5-8-7-3-4-13-11(7)14-6-10(8)15-9/h3-6H,2H2,1H3. The van der Waals surface area contributed by atoms with Gasteiger partial charge in [0.15, 0.2) is 5.82 Å². The predicted octanol–water partition coefficient (Wildman–Crippen LogP) is 0.00770. The van der Waals surface area contributed by atoms with E-state index in [2.05, 4.69) is 15.0 Å².